The molecule has 16 heavy (non-hydrogen) atoms. The Morgan fingerprint density at radius 2 is 1.81 bits per heavy atom. The van der Waals surface area contributed by atoms with Crippen LogP contribution in [0.2, 0.25) is 0 Å². The molecule has 2 nitrogen and oxygen atoms in total. The summed E-state index contributed by atoms with van der Waals surface area (Å²) in [5.41, 5.74) is 3.20. The van der Waals surface area contributed by atoms with Crippen molar-refractivity contribution in [1.29, 1.82) is 0 Å². The van der Waals surface area contributed by atoms with Crippen molar-refractivity contribution in [3.8, 4) is 0 Å². The third kappa shape index (κ3) is 1.45. The lowest BCUT2D eigenvalue weighted by Gasteiger charge is -2.08. The van der Waals surface area contributed by atoms with Gasteiger partial charge < -0.3 is 4.98 Å². The maximum Gasteiger partial charge on any atom is 0.165 e. The summed E-state index contributed by atoms with van der Waals surface area (Å²) in [5.74, 6) is 0.312. The highest BCUT2D eigenvalue weighted by Gasteiger charge is 2.19. The molecule has 0 unspecified atom stereocenters. The lowest BCUT2D eigenvalue weighted by Crippen LogP contribution is -2.05. The number of rotatable bonds is 0. The van der Waals surface area contributed by atoms with Crippen molar-refractivity contribution in [3.63, 3.8) is 0 Å². The van der Waals surface area contributed by atoms with Gasteiger partial charge in [-0.1, -0.05) is 24.6 Å². The van der Waals surface area contributed by atoms with Crippen LogP contribution in [0.4, 0.5) is 0 Å². The summed E-state index contributed by atoms with van der Waals surface area (Å²) in [6.45, 7) is 0. The van der Waals surface area contributed by atoms with E-state index >= 15 is 0 Å². The molecule has 2 heteroatoms. The molecule has 0 spiro atoms. The van der Waals surface area contributed by atoms with E-state index in [0.29, 0.717) is 12.2 Å². The lowest BCUT2D eigenvalue weighted by atomic mass is 9.96. The highest BCUT2D eigenvalue weighted by Crippen LogP contribution is 2.27. The fourth-order valence-corrected chi connectivity index (χ4v) is 2.59. The Morgan fingerprint density at radius 3 is 2.75 bits per heavy atom. The minimum atomic E-state index is 0.312. The van der Waals surface area contributed by atoms with Crippen LogP contribution in [-0.2, 0) is 6.42 Å². The number of para-hydroxylation sites is 1. The number of nitrogens with one attached hydrogen (secondary N) is 1. The molecule has 0 saturated carbocycles. The molecule has 1 aliphatic rings. The summed E-state index contributed by atoms with van der Waals surface area (Å²) in [6, 6.07) is 8.11. The van der Waals surface area contributed by atoms with Crippen LogP contribution in [0.15, 0.2) is 24.3 Å². The smallest absolute Gasteiger partial charge is 0.165 e. The first-order chi connectivity index (χ1) is 7.86. The molecule has 1 N–H and O–H groups in total. The number of hydrogen-bond acceptors (Lipinski definition) is 1. The Bertz CT molecular complexity index is 539. The number of ketones is 1. The van der Waals surface area contributed by atoms with Gasteiger partial charge in [0.15, 0.2) is 5.78 Å². The van der Waals surface area contributed by atoms with E-state index in [1.165, 1.54) is 12.8 Å². The number of aromatic amines is 1. The SMILES string of the molecule is O=C1CCCCCc2[nH]c3ccccc3c21. The molecule has 0 bridgehead atoms. The van der Waals surface area contributed by atoms with Crippen LogP contribution in [0.3, 0.4) is 0 Å². The highest BCUT2D eigenvalue weighted by atomic mass is 16.1. The molecule has 0 saturated heterocycles. The monoisotopic (exact) mass is 213 g/mol. The summed E-state index contributed by atoms with van der Waals surface area (Å²) in [7, 11) is 0. The molecule has 0 fully saturated rings. The minimum Gasteiger partial charge on any atom is -0.358 e. The van der Waals surface area contributed by atoms with Gasteiger partial charge in [0.05, 0.1) is 0 Å². The van der Waals surface area contributed by atoms with E-state index < -0.39 is 0 Å². The number of H-pyrrole nitrogens is 1. The summed E-state index contributed by atoms with van der Waals surface area (Å²) in [6.07, 6.45) is 5.11. The van der Waals surface area contributed by atoms with Crippen molar-refractivity contribution in [2.45, 2.75) is 32.1 Å². The first-order valence-corrected chi connectivity index (χ1v) is 5.99. The van der Waals surface area contributed by atoms with Crippen molar-refractivity contribution < 1.29 is 4.79 Å². The number of aromatic nitrogens is 1. The molecule has 1 heterocycles. The van der Waals surface area contributed by atoms with E-state index in [1.54, 1.807) is 0 Å². The van der Waals surface area contributed by atoms with Gasteiger partial charge in [-0.25, -0.2) is 0 Å². The molecule has 0 radical (unpaired) electrons. The zero-order chi connectivity index (χ0) is 11.0. The van der Waals surface area contributed by atoms with Gasteiger partial charge in [0.2, 0.25) is 0 Å². The number of carbonyl (C=O) groups is 1. The Morgan fingerprint density at radius 1 is 1.00 bits per heavy atom. The fraction of sp³-hybridized carbons (Fsp3) is 0.357. The van der Waals surface area contributed by atoms with Crippen LogP contribution < -0.4 is 0 Å². The Balaban J connectivity index is 2.24. The summed E-state index contributed by atoms with van der Waals surface area (Å²) in [5, 5.41) is 1.10. The molecule has 0 amide bonds. The summed E-state index contributed by atoms with van der Waals surface area (Å²) >= 11 is 0. The van der Waals surface area contributed by atoms with Crippen LogP contribution in [0.25, 0.3) is 10.9 Å². The van der Waals surface area contributed by atoms with E-state index in [1.807, 2.05) is 24.3 Å². The van der Waals surface area contributed by atoms with E-state index in [9.17, 15) is 4.79 Å². The van der Waals surface area contributed by atoms with Gasteiger partial charge in [-0.05, 0) is 25.3 Å². The van der Waals surface area contributed by atoms with Crippen LogP contribution >= 0.6 is 0 Å². The van der Waals surface area contributed by atoms with Gasteiger partial charge in [0.25, 0.3) is 0 Å². The largest absolute Gasteiger partial charge is 0.358 e. The average Bonchev–Trinajstić information content (AvgIpc) is 2.63. The van der Waals surface area contributed by atoms with Crippen molar-refractivity contribution in [2.75, 3.05) is 0 Å². The van der Waals surface area contributed by atoms with Crippen LogP contribution in [0, 0.1) is 0 Å². The zero-order valence-corrected chi connectivity index (χ0v) is 9.25. The maximum atomic E-state index is 12.1. The zero-order valence-electron chi connectivity index (χ0n) is 9.25. The number of aryl methyl sites for hydroxylation is 1. The quantitative estimate of drug-likeness (QED) is 0.714. The first kappa shape index (κ1) is 9.64. The van der Waals surface area contributed by atoms with Crippen molar-refractivity contribution in [2.24, 2.45) is 0 Å². The molecular formula is C14H15NO. The van der Waals surface area contributed by atoms with Crippen LogP contribution in [-0.4, -0.2) is 10.8 Å². The average molecular weight is 213 g/mol. The standard InChI is InChI=1S/C14H15NO/c16-13-9-3-1-2-8-12-14(13)10-6-4-5-7-11(10)15-12/h4-7,15H,1-3,8-9H2. The van der Waals surface area contributed by atoms with Gasteiger partial charge in [-0.15, -0.1) is 0 Å². The second-order valence-corrected chi connectivity index (χ2v) is 4.51. The predicted molar refractivity (Wildman–Crippen MR) is 64.8 cm³/mol. The number of Topliss-reactive ketones (excluding diaryl/α,β-unsaturated/α-hetero) is 1. The lowest BCUT2D eigenvalue weighted by molar-refractivity contribution is 0.0978. The predicted octanol–water partition coefficient (Wildman–Crippen LogP) is 3.47. The van der Waals surface area contributed by atoms with Crippen LogP contribution in [0.5, 0.6) is 0 Å². The first-order valence-electron chi connectivity index (χ1n) is 5.99. The van der Waals surface area contributed by atoms with Gasteiger partial charge in [0.1, 0.15) is 0 Å². The Labute approximate surface area is 94.7 Å². The number of fused-ring (bicyclic) bond motifs is 3. The summed E-state index contributed by atoms with van der Waals surface area (Å²) < 4.78 is 0. The van der Waals surface area contributed by atoms with E-state index in [4.69, 9.17) is 0 Å². The van der Waals surface area contributed by atoms with E-state index in [0.717, 1.165) is 35.0 Å². The summed E-state index contributed by atoms with van der Waals surface area (Å²) in [4.78, 5) is 15.5. The van der Waals surface area contributed by atoms with Gasteiger partial charge in [-0.3, -0.25) is 4.79 Å². The second-order valence-electron chi connectivity index (χ2n) is 4.51. The molecule has 1 aromatic carbocycles. The normalized spacial score (nSPS) is 16.9. The molecular weight excluding hydrogens is 198 g/mol. The van der Waals surface area contributed by atoms with Crippen LogP contribution in [0.1, 0.15) is 41.7 Å². The van der Waals surface area contributed by atoms with Crippen molar-refractivity contribution >= 4 is 16.7 Å². The number of hydrogen-bond donors (Lipinski definition) is 1. The molecule has 1 aromatic heterocycles. The molecule has 2 aromatic rings. The van der Waals surface area contributed by atoms with Gasteiger partial charge >= 0.3 is 0 Å². The molecule has 1 aliphatic carbocycles. The highest BCUT2D eigenvalue weighted by molar-refractivity contribution is 6.09. The molecule has 82 valence electrons. The van der Waals surface area contributed by atoms with Crippen molar-refractivity contribution in [3.05, 3.63) is 35.5 Å². The third-order valence-corrected chi connectivity index (χ3v) is 3.39. The molecule has 0 atom stereocenters. The number of carbonyl (C=O) groups excluding carboxylic acids is 1. The van der Waals surface area contributed by atoms with Gasteiger partial charge in [0, 0.05) is 28.6 Å². The second kappa shape index (κ2) is 3.78. The molecule has 0 aliphatic heterocycles. The Kier molecular flexibility index (Phi) is 2.28. The Hall–Kier alpha value is -1.57. The van der Waals surface area contributed by atoms with E-state index in [2.05, 4.69) is 4.98 Å². The van der Waals surface area contributed by atoms with E-state index in [-0.39, 0.29) is 0 Å². The number of benzene rings is 1. The fourth-order valence-electron chi connectivity index (χ4n) is 2.59. The maximum absolute atomic E-state index is 12.1. The third-order valence-electron chi connectivity index (χ3n) is 3.39. The minimum absolute atomic E-state index is 0.312. The topological polar surface area (TPSA) is 32.9 Å². The van der Waals surface area contributed by atoms with Crippen molar-refractivity contribution in [1.82, 2.24) is 4.98 Å². The van der Waals surface area contributed by atoms with Gasteiger partial charge in [-0.2, -0.15) is 0 Å². The molecule has 3 rings (SSSR count).